The number of amides is 1. The molecule has 1 aliphatic rings. The highest BCUT2D eigenvalue weighted by molar-refractivity contribution is 14.1. The number of hydrogen-bond acceptors (Lipinski definition) is 5. The lowest BCUT2D eigenvalue weighted by Crippen LogP contribution is -2.53. The van der Waals surface area contributed by atoms with Crippen molar-refractivity contribution in [1.29, 1.82) is 0 Å². The maximum atomic E-state index is 14.3. The molecule has 0 saturated carbocycles. The molecule has 1 aliphatic heterocycles. The van der Waals surface area contributed by atoms with E-state index < -0.39 is 6.10 Å². The fraction of sp³-hybridized carbons (Fsp3) is 0.176. The van der Waals surface area contributed by atoms with E-state index in [1.807, 2.05) is 28.7 Å². The van der Waals surface area contributed by atoms with Crippen LogP contribution in [-0.2, 0) is 0 Å². The molecule has 0 bridgehead atoms. The van der Waals surface area contributed by atoms with Gasteiger partial charge in [0.15, 0.2) is 0 Å². The number of rotatable bonds is 3. The standard InChI is InChI=1S/C17H13FIN3O2S/c18-12-5-9(19)1-2-13(12)21-15-11-6-20-4-3-14(11)25-16(15)17(24)22-7-10(23)8-22/h1-6,10,21,23H,7-8H2. The van der Waals surface area contributed by atoms with Crippen molar-refractivity contribution in [3.63, 3.8) is 0 Å². The zero-order chi connectivity index (χ0) is 17.6. The van der Waals surface area contributed by atoms with Crippen LogP contribution in [-0.4, -0.2) is 40.1 Å². The van der Waals surface area contributed by atoms with Crippen LogP contribution >= 0.6 is 33.9 Å². The molecule has 5 nitrogen and oxygen atoms in total. The first-order chi connectivity index (χ1) is 12.0. The Hall–Kier alpha value is -1.78. The van der Waals surface area contributed by atoms with Crippen molar-refractivity contribution in [2.45, 2.75) is 6.10 Å². The molecule has 128 valence electrons. The Labute approximate surface area is 160 Å². The first kappa shape index (κ1) is 16.7. The van der Waals surface area contributed by atoms with Gasteiger partial charge in [0.05, 0.1) is 17.5 Å². The van der Waals surface area contributed by atoms with Crippen LogP contribution in [0.1, 0.15) is 9.67 Å². The van der Waals surface area contributed by atoms with E-state index in [0.717, 1.165) is 13.7 Å². The van der Waals surface area contributed by atoms with E-state index in [-0.39, 0.29) is 11.7 Å². The van der Waals surface area contributed by atoms with E-state index in [1.54, 1.807) is 29.4 Å². The molecule has 1 fully saturated rings. The zero-order valence-corrected chi connectivity index (χ0v) is 15.8. The van der Waals surface area contributed by atoms with Crippen LogP contribution in [0.25, 0.3) is 10.1 Å². The molecular formula is C17H13FIN3O2S. The van der Waals surface area contributed by atoms with Crippen molar-refractivity contribution in [3.05, 3.63) is 50.9 Å². The van der Waals surface area contributed by atoms with Gasteiger partial charge in [0.25, 0.3) is 5.91 Å². The number of fused-ring (bicyclic) bond motifs is 1. The average molecular weight is 469 g/mol. The summed E-state index contributed by atoms with van der Waals surface area (Å²) in [6, 6.07) is 6.71. The van der Waals surface area contributed by atoms with Crippen molar-refractivity contribution in [2.75, 3.05) is 18.4 Å². The lowest BCUT2D eigenvalue weighted by atomic mass is 10.1. The smallest absolute Gasteiger partial charge is 0.266 e. The number of benzene rings is 1. The number of carbonyl (C=O) groups is 1. The van der Waals surface area contributed by atoms with Crippen LogP contribution in [0.15, 0.2) is 36.7 Å². The summed E-state index contributed by atoms with van der Waals surface area (Å²) in [7, 11) is 0. The highest BCUT2D eigenvalue weighted by Crippen LogP contribution is 2.39. The molecule has 3 aromatic rings. The molecular weight excluding hydrogens is 456 g/mol. The van der Waals surface area contributed by atoms with E-state index in [9.17, 15) is 14.3 Å². The molecule has 8 heteroatoms. The van der Waals surface area contributed by atoms with E-state index in [2.05, 4.69) is 10.3 Å². The first-order valence-corrected chi connectivity index (χ1v) is 9.48. The molecule has 0 unspecified atom stereocenters. The van der Waals surface area contributed by atoms with Gasteiger partial charge in [-0.2, -0.15) is 0 Å². The van der Waals surface area contributed by atoms with Crippen LogP contribution in [0.5, 0.6) is 0 Å². The van der Waals surface area contributed by atoms with Gasteiger partial charge in [-0.15, -0.1) is 11.3 Å². The summed E-state index contributed by atoms with van der Waals surface area (Å²) in [5.74, 6) is -0.548. The maximum Gasteiger partial charge on any atom is 0.266 e. The van der Waals surface area contributed by atoms with E-state index in [0.29, 0.717) is 29.3 Å². The van der Waals surface area contributed by atoms with Crippen molar-refractivity contribution < 1.29 is 14.3 Å². The van der Waals surface area contributed by atoms with Crippen molar-refractivity contribution in [1.82, 2.24) is 9.88 Å². The summed E-state index contributed by atoms with van der Waals surface area (Å²) in [5, 5.41) is 13.3. The second-order valence-corrected chi connectivity index (χ2v) is 8.09. The number of hydrogen-bond donors (Lipinski definition) is 2. The summed E-state index contributed by atoms with van der Waals surface area (Å²) in [6.45, 7) is 0.644. The number of aromatic nitrogens is 1. The van der Waals surface area contributed by atoms with E-state index in [1.165, 1.54) is 17.4 Å². The Balaban J connectivity index is 1.78. The van der Waals surface area contributed by atoms with Crippen molar-refractivity contribution in [2.24, 2.45) is 0 Å². The molecule has 1 saturated heterocycles. The number of anilines is 2. The molecule has 4 rings (SSSR count). The highest BCUT2D eigenvalue weighted by Gasteiger charge is 2.32. The van der Waals surface area contributed by atoms with Gasteiger partial charge in [-0.1, -0.05) is 0 Å². The van der Waals surface area contributed by atoms with Crippen LogP contribution in [0.3, 0.4) is 0 Å². The minimum Gasteiger partial charge on any atom is -0.389 e. The Kier molecular flexibility index (Phi) is 4.34. The lowest BCUT2D eigenvalue weighted by Gasteiger charge is -2.35. The van der Waals surface area contributed by atoms with Gasteiger partial charge in [-0.25, -0.2) is 4.39 Å². The summed E-state index contributed by atoms with van der Waals surface area (Å²) in [5.41, 5.74) is 0.862. The minimum atomic E-state index is -0.468. The summed E-state index contributed by atoms with van der Waals surface area (Å²) < 4.78 is 15.9. The molecule has 2 N–H and O–H groups in total. The Morgan fingerprint density at radius 2 is 2.20 bits per heavy atom. The molecule has 2 aromatic heterocycles. The second-order valence-electron chi connectivity index (χ2n) is 5.79. The monoisotopic (exact) mass is 469 g/mol. The number of β-amino-alcohol motifs (C(OH)–C–C–N with tert-alkyl or cyclic N) is 1. The number of aliphatic hydroxyl groups is 1. The topological polar surface area (TPSA) is 65.5 Å². The van der Waals surface area contributed by atoms with Crippen LogP contribution in [0, 0.1) is 9.39 Å². The quantitative estimate of drug-likeness (QED) is 0.576. The molecule has 3 heterocycles. The third kappa shape index (κ3) is 3.09. The molecule has 0 atom stereocenters. The number of aliphatic hydroxyl groups excluding tert-OH is 1. The first-order valence-electron chi connectivity index (χ1n) is 7.59. The van der Waals surface area contributed by atoms with Gasteiger partial charge < -0.3 is 15.3 Å². The summed E-state index contributed by atoms with van der Waals surface area (Å²) in [6.07, 6.45) is 2.86. The number of thiophene rings is 1. The van der Waals surface area contributed by atoms with Gasteiger partial charge in [-0.05, 0) is 46.9 Å². The van der Waals surface area contributed by atoms with Crippen LogP contribution < -0.4 is 5.32 Å². The van der Waals surface area contributed by atoms with Gasteiger partial charge in [0.1, 0.15) is 10.7 Å². The molecule has 0 aliphatic carbocycles. The van der Waals surface area contributed by atoms with Gasteiger partial charge in [0, 0.05) is 39.1 Å². The predicted molar refractivity (Wildman–Crippen MR) is 104 cm³/mol. The third-order valence-electron chi connectivity index (χ3n) is 4.02. The van der Waals surface area contributed by atoms with Crippen molar-refractivity contribution in [3.8, 4) is 0 Å². The predicted octanol–water partition coefficient (Wildman–Crippen LogP) is 3.60. The van der Waals surface area contributed by atoms with Crippen LogP contribution in [0.2, 0.25) is 0 Å². The second kappa shape index (κ2) is 6.50. The number of carbonyl (C=O) groups excluding carboxylic acids is 1. The van der Waals surface area contributed by atoms with E-state index >= 15 is 0 Å². The lowest BCUT2D eigenvalue weighted by molar-refractivity contribution is 0.00629. The van der Waals surface area contributed by atoms with Crippen molar-refractivity contribution >= 4 is 61.3 Å². The number of nitrogens with one attached hydrogen (secondary N) is 1. The van der Waals surface area contributed by atoms with Crippen LogP contribution in [0.4, 0.5) is 15.8 Å². The molecule has 0 radical (unpaired) electrons. The summed E-state index contributed by atoms with van der Waals surface area (Å²) in [4.78, 5) is 19.0. The molecule has 0 spiro atoms. The van der Waals surface area contributed by atoms with Gasteiger partial charge in [0.2, 0.25) is 0 Å². The zero-order valence-electron chi connectivity index (χ0n) is 12.9. The maximum absolute atomic E-state index is 14.3. The Bertz CT molecular complexity index is 972. The normalized spacial score (nSPS) is 14.6. The Morgan fingerprint density at radius 1 is 1.40 bits per heavy atom. The minimum absolute atomic E-state index is 0.167. The molecule has 1 amide bonds. The largest absolute Gasteiger partial charge is 0.389 e. The fourth-order valence-electron chi connectivity index (χ4n) is 2.71. The average Bonchev–Trinajstić information content (AvgIpc) is 2.92. The molecule has 25 heavy (non-hydrogen) atoms. The fourth-order valence-corrected chi connectivity index (χ4v) is 4.25. The molecule has 1 aromatic carbocycles. The number of likely N-dealkylation sites (tertiary alicyclic amines) is 1. The summed E-state index contributed by atoms with van der Waals surface area (Å²) >= 11 is 3.39. The third-order valence-corrected chi connectivity index (χ3v) is 5.85. The highest BCUT2D eigenvalue weighted by atomic mass is 127. The Morgan fingerprint density at radius 3 is 2.92 bits per heavy atom. The number of pyridine rings is 1. The number of nitrogens with zero attached hydrogens (tertiary/aromatic N) is 2. The van der Waals surface area contributed by atoms with E-state index in [4.69, 9.17) is 0 Å². The number of halogens is 2. The van der Waals surface area contributed by atoms with Gasteiger partial charge in [-0.3, -0.25) is 9.78 Å². The van der Waals surface area contributed by atoms with Gasteiger partial charge >= 0.3 is 0 Å². The SMILES string of the molecule is O=C(c1sc2ccncc2c1Nc1ccc(I)cc1F)N1CC(O)C1.